The Morgan fingerprint density at radius 2 is 1.94 bits per heavy atom. The maximum atomic E-state index is 14.8. The molecular weight excluding hydrogens is 646 g/mol. The molecule has 0 aliphatic carbocycles. The highest BCUT2D eigenvalue weighted by atomic mass is 19.4. The molecule has 0 bridgehead atoms. The molecule has 1 fully saturated rings. The lowest BCUT2D eigenvalue weighted by atomic mass is 10.0. The molecule has 0 spiro atoms. The van der Waals surface area contributed by atoms with Crippen molar-refractivity contribution in [1.82, 2.24) is 9.47 Å². The summed E-state index contributed by atoms with van der Waals surface area (Å²) in [7, 11) is 4.77. The number of halogens is 4. The van der Waals surface area contributed by atoms with E-state index in [0.717, 1.165) is 4.57 Å². The Labute approximate surface area is 283 Å². The minimum Gasteiger partial charge on any atom is -0.495 e. The number of esters is 1. The number of aromatic nitrogens is 1. The average Bonchev–Trinajstić information content (AvgIpc) is 3.40. The zero-order chi connectivity index (χ0) is 35.7. The molecule has 266 valence electrons. The Morgan fingerprint density at radius 3 is 2.59 bits per heavy atom. The smallest absolute Gasteiger partial charge is 0.406 e. The molecule has 3 atom stereocenters. The first kappa shape index (κ1) is 37.3. The molecular formula is C35H43F4N5O5. The van der Waals surface area contributed by atoms with Gasteiger partial charge in [-0.25, -0.2) is 4.39 Å². The summed E-state index contributed by atoms with van der Waals surface area (Å²) in [6.07, 6.45) is -4.98. The van der Waals surface area contributed by atoms with E-state index >= 15 is 0 Å². The minimum absolute atomic E-state index is 0.0243. The van der Waals surface area contributed by atoms with Crippen molar-refractivity contribution in [2.45, 2.75) is 51.3 Å². The monoisotopic (exact) mass is 689 g/mol. The third-order valence-corrected chi connectivity index (χ3v) is 8.21. The van der Waals surface area contributed by atoms with Crippen molar-refractivity contribution in [1.29, 1.82) is 0 Å². The molecule has 1 aliphatic rings. The van der Waals surface area contributed by atoms with E-state index in [0.29, 0.717) is 53.1 Å². The van der Waals surface area contributed by atoms with Gasteiger partial charge in [-0.1, -0.05) is 25.8 Å². The lowest BCUT2D eigenvalue weighted by molar-refractivity contribution is -0.150. The van der Waals surface area contributed by atoms with Gasteiger partial charge in [0.15, 0.2) is 0 Å². The number of ether oxygens (including phenoxy) is 3. The van der Waals surface area contributed by atoms with Gasteiger partial charge in [-0.3, -0.25) is 9.59 Å². The van der Waals surface area contributed by atoms with Gasteiger partial charge in [-0.05, 0) is 49.7 Å². The molecule has 1 aliphatic heterocycles. The fourth-order valence-electron chi connectivity index (χ4n) is 5.53. The summed E-state index contributed by atoms with van der Waals surface area (Å²) in [6.45, 7) is 3.35. The number of nitrogens with one attached hydrogen (secondary N) is 2. The van der Waals surface area contributed by atoms with Crippen LogP contribution in [0.15, 0.2) is 42.5 Å². The Kier molecular flexibility index (Phi) is 12.8. The van der Waals surface area contributed by atoms with Gasteiger partial charge in [-0.15, -0.1) is 0 Å². The molecule has 1 saturated heterocycles. The number of benzene rings is 2. The van der Waals surface area contributed by atoms with Gasteiger partial charge in [0, 0.05) is 43.0 Å². The normalized spacial score (nSPS) is 17.3. The number of piperidine rings is 1. The van der Waals surface area contributed by atoms with Crippen LogP contribution < -0.4 is 20.3 Å². The van der Waals surface area contributed by atoms with Crippen LogP contribution in [0.4, 0.5) is 34.6 Å². The van der Waals surface area contributed by atoms with Crippen molar-refractivity contribution in [3.63, 3.8) is 0 Å². The molecule has 4 rings (SSSR count). The molecule has 3 aromatic rings. The minimum atomic E-state index is -4.49. The van der Waals surface area contributed by atoms with Crippen LogP contribution in [0, 0.1) is 17.8 Å². The third kappa shape index (κ3) is 10.0. The van der Waals surface area contributed by atoms with E-state index in [1.54, 1.807) is 56.3 Å². The third-order valence-electron chi connectivity index (χ3n) is 8.21. The molecule has 0 saturated carbocycles. The summed E-state index contributed by atoms with van der Waals surface area (Å²) in [4.78, 5) is 27.1. The second-order valence-electron chi connectivity index (χ2n) is 12.2. The highest BCUT2D eigenvalue weighted by Gasteiger charge is 2.31. The van der Waals surface area contributed by atoms with Crippen molar-refractivity contribution < 1.29 is 41.4 Å². The Bertz CT molecular complexity index is 1650. The van der Waals surface area contributed by atoms with Crippen LogP contribution in [0.3, 0.4) is 0 Å². The molecule has 10 nitrogen and oxygen atoms in total. The van der Waals surface area contributed by atoms with Crippen molar-refractivity contribution >= 4 is 40.3 Å². The van der Waals surface area contributed by atoms with Gasteiger partial charge >= 0.3 is 12.1 Å². The fraction of sp³-hybridized carbons (Fsp3) is 0.486. The number of anilines is 3. The van der Waals surface area contributed by atoms with E-state index in [2.05, 4.69) is 22.5 Å². The summed E-state index contributed by atoms with van der Waals surface area (Å²) in [5.41, 5.74) is 2.11. The van der Waals surface area contributed by atoms with Gasteiger partial charge < -0.3 is 39.2 Å². The quantitative estimate of drug-likeness (QED) is 0.102. The van der Waals surface area contributed by atoms with Crippen molar-refractivity contribution in [3.05, 3.63) is 48.2 Å². The highest BCUT2D eigenvalue weighted by molar-refractivity contribution is 5.94. The number of hydrogen-bond acceptors (Lipinski definition) is 8. The fourth-order valence-corrected chi connectivity index (χ4v) is 5.53. The van der Waals surface area contributed by atoms with Crippen molar-refractivity contribution in [3.8, 4) is 17.6 Å². The van der Waals surface area contributed by atoms with Crippen LogP contribution in [0.1, 0.15) is 26.0 Å². The highest BCUT2D eigenvalue weighted by Crippen LogP contribution is 2.32. The molecule has 1 aromatic heterocycles. The topological polar surface area (TPSA) is 97.3 Å². The van der Waals surface area contributed by atoms with E-state index in [-0.39, 0.29) is 43.8 Å². The summed E-state index contributed by atoms with van der Waals surface area (Å²) < 4.78 is 73.1. The summed E-state index contributed by atoms with van der Waals surface area (Å²) in [5.74, 6) is 5.50. The second-order valence-corrected chi connectivity index (χ2v) is 12.2. The predicted octanol–water partition coefficient (Wildman–Crippen LogP) is 5.31. The van der Waals surface area contributed by atoms with Crippen molar-refractivity contribution in [2.24, 2.45) is 5.92 Å². The van der Waals surface area contributed by atoms with Gasteiger partial charge in [0.05, 0.1) is 49.1 Å². The summed E-state index contributed by atoms with van der Waals surface area (Å²) >= 11 is 0. The van der Waals surface area contributed by atoms with E-state index in [4.69, 9.17) is 14.2 Å². The van der Waals surface area contributed by atoms with Gasteiger partial charge in [0.25, 0.3) is 0 Å². The maximum Gasteiger partial charge on any atom is 0.406 e. The van der Waals surface area contributed by atoms with Crippen LogP contribution in [-0.2, 0) is 25.6 Å². The van der Waals surface area contributed by atoms with Crippen LogP contribution >= 0.6 is 0 Å². The largest absolute Gasteiger partial charge is 0.495 e. The van der Waals surface area contributed by atoms with Crippen LogP contribution in [0.25, 0.3) is 10.9 Å². The number of carbonyl (C=O) groups excluding carboxylic acids is 2. The van der Waals surface area contributed by atoms with E-state index in [1.165, 1.54) is 19.1 Å². The summed E-state index contributed by atoms with van der Waals surface area (Å²) in [6, 6.07) is 11.1. The standard InChI is InChI=1S/C35H43F4N5O5/c1-23(2)34(46)49-20-26(47-4)18-43(22-45)24-11-12-31(33(17-24)48-5)40-14-7-8-25-16-27-29(41-30-13-15-42(3)19-28(30)36)9-6-10-32(27)44(25)21-35(37,38)39/h6,9-12,16-17,22-23,26,28,30,40-41H,13-15,18-21H2,1-5H3/t26?,28-,30+/m0/s1. The molecule has 1 amide bonds. The second kappa shape index (κ2) is 16.8. The Balaban J connectivity index is 1.50. The first-order chi connectivity index (χ1) is 23.3. The first-order valence-electron chi connectivity index (χ1n) is 15.9. The number of alkyl halides is 4. The van der Waals surface area contributed by atoms with Crippen molar-refractivity contribution in [2.75, 3.05) is 69.6 Å². The van der Waals surface area contributed by atoms with Crippen LogP contribution in [0.2, 0.25) is 0 Å². The zero-order valence-electron chi connectivity index (χ0n) is 28.3. The van der Waals surface area contributed by atoms with E-state index < -0.39 is 31.0 Å². The maximum absolute atomic E-state index is 14.8. The number of likely N-dealkylation sites (tertiary alicyclic amines) is 1. The van der Waals surface area contributed by atoms with Gasteiger partial charge in [0.2, 0.25) is 6.41 Å². The molecule has 1 unspecified atom stereocenters. The lowest BCUT2D eigenvalue weighted by Crippen LogP contribution is -2.46. The molecule has 2 aromatic carbocycles. The number of hydrogen-bond donors (Lipinski definition) is 2. The number of rotatable bonds is 14. The number of nitrogens with zero attached hydrogens (tertiary/aromatic N) is 3. The SMILES string of the molecule is COc1cc(N(C=O)CC(COC(=O)C(C)C)OC)ccc1NCC#Cc1cc2c(N[C@@H]3CCN(C)C[C@@H]3F)cccc2n1CC(F)(F)F. The van der Waals surface area contributed by atoms with E-state index in [9.17, 15) is 27.2 Å². The number of amides is 1. The lowest BCUT2D eigenvalue weighted by Gasteiger charge is -2.33. The molecule has 0 radical (unpaired) electrons. The zero-order valence-corrected chi connectivity index (χ0v) is 28.3. The Hall–Kier alpha value is -4.48. The predicted molar refractivity (Wildman–Crippen MR) is 181 cm³/mol. The summed E-state index contributed by atoms with van der Waals surface area (Å²) in [5, 5.41) is 6.86. The van der Waals surface area contributed by atoms with Crippen LogP contribution in [-0.4, -0.2) is 100 Å². The van der Waals surface area contributed by atoms with Gasteiger partial charge in [0.1, 0.15) is 31.2 Å². The first-order valence-corrected chi connectivity index (χ1v) is 15.9. The molecule has 2 N–H and O–H groups in total. The Morgan fingerprint density at radius 1 is 1.16 bits per heavy atom. The van der Waals surface area contributed by atoms with Crippen LogP contribution in [0.5, 0.6) is 5.75 Å². The number of methoxy groups -OCH3 is 2. The molecule has 49 heavy (non-hydrogen) atoms. The molecule has 2 heterocycles. The number of carbonyl (C=O) groups is 2. The molecule has 14 heteroatoms. The van der Waals surface area contributed by atoms with Gasteiger partial charge in [-0.2, -0.15) is 13.2 Å². The average molecular weight is 690 g/mol. The number of fused-ring (bicyclic) bond motifs is 1. The van der Waals surface area contributed by atoms with E-state index in [1.807, 2.05) is 11.9 Å².